The predicted molar refractivity (Wildman–Crippen MR) is 71.0 cm³/mol. The molecule has 0 spiro atoms. The van der Waals surface area contributed by atoms with E-state index in [4.69, 9.17) is 9.47 Å². The SMILES string of the molecule is CC[C@H](C)[NH2+]C[C@H](O)COc1cccc(OC)c1. The van der Waals surface area contributed by atoms with E-state index in [1.807, 2.05) is 24.3 Å². The number of hydrogen-bond donors (Lipinski definition) is 2. The zero-order valence-corrected chi connectivity index (χ0v) is 11.4. The molecule has 0 fully saturated rings. The van der Waals surface area contributed by atoms with Gasteiger partial charge in [-0.05, 0) is 25.5 Å². The quantitative estimate of drug-likeness (QED) is 0.721. The normalized spacial score (nSPS) is 14.0. The van der Waals surface area contributed by atoms with Crippen LogP contribution in [0.2, 0.25) is 0 Å². The van der Waals surface area contributed by atoms with Crippen molar-refractivity contribution in [3.63, 3.8) is 0 Å². The van der Waals surface area contributed by atoms with Gasteiger partial charge >= 0.3 is 0 Å². The molecule has 102 valence electrons. The molecule has 0 saturated carbocycles. The van der Waals surface area contributed by atoms with Crippen LogP contribution in [-0.4, -0.2) is 37.5 Å². The summed E-state index contributed by atoms with van der Waals surface area (Å²) in [5.74, 6) is 1.48. The van der Waals surface area contributed by atoms with Gasteiger partial charge in [0.1, 0.15) is 30.8 Å². The van der Waals surface area contributed by atoms with Crippen molar-refractivity contribution >= 4 is 0 Å². The number of methoxy groups -OCH3 is 1. The van der Waals surface area contributed by atoms with E-state index in [0.29, 0.717) is 19.2 Å². The van der Waals surface area contributed by atoms with E-state index in [-0.39, 0.29) is 0 Å². The number of aliphatic hydroxyl groups excluding tert-OH is 1. The molecular weight excluding hydrogens is 230 g/mol. The second kappa shape index (κ2) is 7.95. The molecule has 0 unspecified atom stereocenters. The van der Waals surface area contributed by atoms with Crippen LogP contribution >= 0.6 is 0 Å². The highest BCUT2D eigenvalue weighted by atomic mass is 16.5. The van der Waals surface area contributed by atoms with Crippen molar-refractivity contribution in [2.75, 3.05) is 20.3 Å². The van der Waals surface area contributed by atoms with Crippen LogP contribution in [-0.2, 0) is 0 Å². The number of ether oxygens (including phenoxy) is 2. The smallest absolute Gasteiger partial charge is 0.137 e. The van der Waals surface area contributed by atoms with Gasteiger partial charge in [0.15, 0.2) is 0 Å². The maximum Gasteiger partial charge on any atom is 0.137 e. The minimum Gasteiger partial charge on any atom is -0.497 e. The minimum atomic E-state index is -0.454. The van der Waals surface area contributed by atoms with E-state index in [0.717, 1.165) is 17.9 Å². The van der Waals surface area contributed by atoms with Crippen molar-refractivity contribution in [1.29, 1.82) is 0 Å². The molecule has 0 saturated heterocycles. The van der Waals surface area contributed by atoms with Crippen LogP contribution in [0, 0.1) is 0 Å². The van der Waals surface area contributed by atoms with Crippen molar-refractivity contribution in [3.8, 4) is 11.5 Å². The number of hydrogen-bond acceptors (Lipinski definition) is 3. The third-order valence-electron chi connectivity index (χ3n) is 2.94. The lowest BCUT2D eigenvalue weighted by Crippen LogP contribution is -2.91. The summed E-state index contributed by atoms with van der Waals surface area (Å²) in [7, 11) is 1.62. The van der Waals surface area contributed by atoms with E-state index < -0.39 is 6.10 Å². The highest BCUT2D eigenvalue weighted by Gasteiger charge is 2.10. The van der Waals surface area contributed by atoms with Crippen LogP contribution < -0.4 is 14.8 Å². The van der Waals surface area contributed by atoms with Crippen LogP contribution in [0.15, 0.2) is 24.3 Å². The zero-order valence-electron chi connectivity index (χ0n) is 11.4. The second-order valence-electron chi connectivity index (χ2n) is 4.50. The number of quaternary nitrogens is 1. The average Bonchev–Trinajstić information content (AvgIpc) is 2.42. The van der Waals surface area contributed by atoms with Gasteiger partial charge in [-0.1, -0.05) is 13.0 Å². The summed E-state index contributed by atoms with van der Waals surface area (Å²) in [4.78, 5) is 0. The summed E-state index contributed by atoms with van der Waals surface area (Å²) >= 11 is 0. The molecule has 4 nitrogen and oxygen atoms in total. The maximum atomic E-state index is 9.79. The summed E-state index contributed by atoms with van der Waals surface area (Å²) in [6.07, 6.45) is 0.647. The van der Waals surface area contributed by atoms with Crippen LogP contribution in [0.5, 0.6) is 11.5 Å². The predicted octanol–water partition coefficient (Wildman–Crippen LogP) is 0.797. The van der Waals surface area contributed by atoms with E-state index in [9.17, 15) is 5.11 Å². The lowest BCUT2D eigenvalue weighted by atomic mass is 10.2. The molecule has 0 radical (unpaired) electrons. The molecule has 18 heavy (non-hydrogen) atoms. The molecule has 4 heteroatoms. The highest BCUT2D eigenvalue weighted by molar-refractivity contribution is 5.32. The van der Waals surface area contributed by atoms with E-state index >= 15 is 0 Å². The van der Waals surface area contributed by atoms with E-state index in [1.54, 1.807) is 7.11 Å². The molecule has 3 N–H and O–H groups in total. The fourth-order valence-corrected chi connectivity index (χ4v) is 1.51. The van der Waals surface area contributed by atoms with Gasteiger partial charge < -0.3 is 19.9 Å². The molecule has 0 bridgehead atoms. The number of aliphatic hydroxyl groups is 1. The van der Waals surface area contributed by atoms with Gasteiger partial charge in [-0.15, -0.1) is 0 Å². The molecule has 0 aliphatic carbocycles. The third-order valence-corrected chi connectivity index (χ3v) is 2.94. The highest BCUT2D eigenvalue weighted by Crippen LogP contribution is 2.18. The Hall–Kier alpha value is -1.26. The van der Waals surface area contributed by atoms with Gasteiger partial charge in [0, 0.05) is 6.07 Å². The maximum absolute atomic E-state index is 9.79. The Morgan fingerprint density at radius 1 is 1.33 bits per heavy atom. The first-order valence-electron chi connectivity index (χ1n) is 6.44. The fourth-order valence-electron chi connectivity index (χ4n) is 1.51. The summed E-state index contributed by atoms with van der Waals surface area (Å²) in [6, 6.07) is 7.93. The minimum absolute atomic E-state index is 0.306. The molecule has 0 aliphatic rings. The first kappa shape index (κ1) is 14.8. The van der Waals surface area contributed by atoms with Crippen molar-refractivity contribution in [3.05, 3.63) is 24.3 Å². The molecule has 2 atom stereocenters. The van der Waals surface area contributed by atoms with Crippen LogP contribution in [0.3, 0.4) is 0 Å². The Bertz CT molecular complexity index is 344. The molecule has 0 heterocycles. The van der Waals surface area contributed by atoms with Crippen molar-refractivity contribution in [1.82, 2.24) is 0 Å². The van der Waals surface area contributed by atoms with Crippen LogP contribution in [0.1, 0.15) is 20.3 Å². The summed E-state index contributed by atoms with van der Waals surface area (Å²) in [6.45, 7) is 5.26. The Kier molecular flexibility index (Phi) is 6.54. The lowest BCUT2D eigenvalue weighted by Gasteiger charge is -2.14. The Balaban J connectivity index is 2.30. The molecule has 0 amide bonds. The average molecular weight is 254 g/mol. The lowest BCUT2D eigenvalue weighted by molar-refractivity contribution is -0.691. The standard InChI is InChI=1S/C14H23NO3/c1-4-11(2)15-9-12(16)10-18-14-7-5-6-13(8-14)17-3/h5-8,11-12,15-16H,4,9-10H2,1-3H3/p+1/t11-,12-/m0/s1. The topological polar surface area (TPSA) is 55.3 Å². The van der Waals surface area contributed by atoms with Crippen LogP contribution in [0.4, 0.5) is 0 Å². The summed E-state index contributed by atoms with van der Waals surface area (Å²) < 4.78 is 10.6. The molecule has 1 rings (SSSR count). The van der Waals surface area contributed by atoms with Gasteiger partial charge in [0.2, 0.25) is 0 Å². The molecular formula is C14H24NO3+. The number of rotatable bonds is 8. The first-order chi connectivity index (χ1) is 8.65. The number of nitrogens with two attached hydrogens (primary N) is 1. The third kappa shape index (κ3) is 5.38. The molecule has 0 aliphatic heterocycles. The van der Waals surface area contributed by atoms with Gasteiger partial charge in [0.25, 0.3) is 0 Å². The molecule has 0 aromatic heterocycles. The van der Waals surface area contributed by atoms with Crippen molar-refractivity contribution < 1.29 is 19.9 Å². The van der Waals surface area contributed by atoms with Gasteiger partial charge in [-0.2, -0.15) is 0 Å². The summed E-state index contributed by atoms with van der Waals surface area (Å²) in [5, 5.41) is 11.9. The van der Waals surface area contributed by atoms with Crippen LogP contribution in [0.25, 0.3) is 0 Å². The van der Waals surface area contributed by atoms with Gasteiger partial charge in [-0.3, -0.25) is 0 Å². The Morgan fingerprint density at radius 3 is 2.72 bits per heavy atom. The summed E-state index contributed by atoms with van der Waals surface area (Å²) in [5.41, 5.74) is 0. The largest absolute Gasteiger partial charge is 0.497 e. The Morgan fingerprint density at radius 2 is 2.06 bits per heavy atom. The molecule has 1 aromatic carbocycles. The zero-order chi connectivity index (χ0) is 13.4. The van der Waals surface area contributed by atoms with E-state index in [1.165, 1.54) is 0 Å². The first-order valence-corrected chi connectivity index (χ1v) is 6.44. The fraction of sp³-hybridized carbons (Fsp3) is 0.571. The van der Waals surface area contributed by atoms with E-state index in [2.05, 4.69) is 19.2 Å². The Labute approximate surface area is 109 Å². The number of benzene rings is 1. The van der Waals surface area contributed by atoms with Crippen molar-refractivity contribution in [2.45, 2.75) is 32.4 Å². The molecule has 1 aromatic rings. The van der Waals surface area contributed by atoms with Crippen molar-refractivity contribution in [2.24, 2.45) is 0 Å². The van der Waals surface area contributed by atoms with Gasteiger partial charge in [-0.25, -0.2) is 0 Å². The van der Waals surface area contributed by atoms with Gasteiger partial charge in [0.05, 0.1) is 13.2 Å². The monoisotopic (exact) mass is 254 g/mol. The second-order valence-corrected chi connectivity index (χ2v) is 4.50.